The number of fused-ring (bicyclic) bond motifs is 1. The molecule has 3 amide bonds. The highest BCUT2D eigenvalue weighted by Gasteiger charge is 2.21. The highest BCUT2D eigenvalue weighted by Crippen LogP contribution is 2.26. The molecule has 5 nitrogen and oxygen atoms in total. The number of carbonyl (C=O) groups excluding carboxylic acids is 3. The summed E-state index contributed by atoms with van der Waals surface area (Å²) in [5.74, 6) is -0.527. The third kappa shape index (κ3) is 2.81. The largest absolute Gasteiger partial charge is 0.326 e. The number of rotatable bonds is 3. The predicted octanol–water partition coefficient (Wildman–Crippen LogP) is 1.12. The Balaban J connectivity index is 2.13. The summed E-state index contributed by atoms with van der Waals surface area (Å²) >= 11 is 0. The van der Waals surface area contributed by atoms with E-state index in [1.165, 1.54) is 18.7 Å². The second-order valence-corrected chi connectivity index (χ2v) is 4.61. The maximum absolute atomic E-state index is 11.4. The molecule has 0 radical (unpaired) electrons. The predicted molar refractivity (Wildman–Crippen MR) is 70.5 cm³/mol. The van der Waals surface area contributed by atoms with Crippen molar-refractivity contribution in [1.82, 2.24) is 4.90 Å². The van der Waals surface area contributed by atoms with E-state index in [9.17, 15) is 14.4 Å². The third-order valence-corrected chi connectivity index (χ3v) is 3.25. The highest BCUT2D eigenvalue weighted by molar-refractivity contribution is 5.99. The average molecular weight is 260 g/mol. The molecule has 0 aliphatic carbocycles. The van der Waals surface area contributed by atoms with Gasteiger partial charge in [-0.25, -0.2) is 0 Å². The zero-order chi connectivity index (χ0) is 14.0. The molecule has 1 aromatic carbocycles. The lowest BCUT2D eigenvalue weighted by atomic mass is 10.0. The van der Waals surface area contributed by atoms with Crippen molar-refractivity contribution in [2.24, 2.45) is 0 Å². The number of nitrogens with one attached hydrogen (secondary N) is 1. The van der Waals surface area contributed by atoms with Crippen LogP contribution in [-0.4, -0.2) is 29.2 Å². The summed E-state index contributed by atoms with van der Waals surface area (Å²) in [5.41, 5.74) is 2.81. The van der Waals surface area contributed by atoms with Gasteiger partial charge in [0.2, 0.25) is 17.7 Å². The molecule has 1 aliphatic heterocycles. The van der Waals surface area contributed by atoms with Crippen LogP contribution >= 0.6 is 0 Å². The Labute approximate surface area is 111 Å². The first-order chi connectivity index (χ1) is 8.99. The van der Waals surface area contributed by atoms with Crippen molar-refractivity contribution in [3.8, 4) is 0 Å². The number of hydrogen-bond donors (Lipinski definition) is 1. The Morgan fingerprint density at radius 3 is 2.58 bits per heavy atom. The molecular weight excluding hydrogens is 244 g/mol. The number of benzene rings is 1. The van der Waals surface area contributed by atoms with Crippen LogP contribution in [0.25, 0.3) is 0 Å². The fourth-order valence-corrected chi connectivity index (χ4v) is 2.32. The monoisotopic (exact) mass is 260 g/mol. The lowest BCUT2D eigenvalue weighted by Crippen LogP contribution is -2.35. The molecule has 19 heavy (non-hydrogen) atoms. The van der Waals surface area contributed by atoms with E-state index in [0.717, 1.165) is 16.8 Å². The number of anilines is 1. The fourth-order valence-electron chi connectivity index (χ4n) is 2.32. The van der Waals surface area contributed by atoms with Crippen molar-refractivity contribution in [3.05, 3.63) is 29.3 Å². The fraction of sp³-hybridized carbons (Fsp3) is 0.357. The molecule has 1 N–H and O–H groups in total. The standard InChI is InChI=1S/C14H16N2O3/c1-9(17)16(10(2)18)7-6-11-4-3-5-13-12(11)8-14(19)15-13/h3-5H,6-8H2,1-2H3,(H,15,19). The Morgan fingerprint density at radius 2 is 1.95 bits per heavy atom. The van der Waals surface area contributed by atoms with Gasteiger partial charge in [-0.05, 0) is 23.6 Å². The van der Waals surface area contributed by atoms with Crippen molar-refractivity contribution >= 4 is 23.4 Å². The van der Waals surface area contributed by atoms with Gasteiger partial charge in [0.25, 0.3) is 0 Å². The summed E-state index contributed by atoms with van der Waals surface area (Å²) in [6.07, 6.45) is 0.933. The molecule has 0 unspecified atom stereocenters. The maximum atomic E-state index is 11.4. The smallest absolute Gasteiger partial charge is 0.228 e. The summed E-state index contributed by atoms with van der Waals surface area (Å²) in [6.45, 7) is 3.10. The lowest BCUT2D eigenvalue weighted by molar-refractivity contribution is -0.142. The Hall–Kier alpha value is -2.17. The first kappa shape index (κ1) is 13.3. The first-order valence-corrected chi connectivity index (χ1v) is 6.18. The van der Waals surface area contributed by atoms with Gasteiger partial charge in [0.1, 0.15) is 0 Å². The van der Waals surface area contributed by atoms with E-state index in [1.54, 1.807) is 0 Å². The SMILES string of the molecule is CC(=O)N(CCc1cccc2c1CC(=O)N2)C(C)=O. The molecule has 0 bridgehead atoms. The zero-order valence-electron chi connectivity index (χ0n) is 11.0. The average Bonchev–Trinajstić information content (AvgIpc) is 2.69. The van der Waals surface area contributed by atoms with Crippen LogP contribution in [0.1, 0.15) is 25.0 Å². The summed E-state index contributed by atoms with van der Waals surface area (Å²) in [4.78, 5) is 35.3. The van der Waals surface area contributed by atoms with Crippen LogP contribution in [-0.2, 0) is 27.2 Å². The van der Waals surface area contributed by atoms with Gasteiger partial charge in [-0.2, -0.15) is 0 Å². The Morgan fingerprint density at radius 1 is 1.26 bits per heavy atom. The summed E-state index contributed by atoms with van der Waals surface area (Å²) in [7, 11) is 0. The molecule has 0 aromatic heterocycles. The molecular formula is C14H16N2O3. The van der Waals surface area contributed by atoms with Crippen LogP contribution in [0.5, 0.6) is 0 Å². The van der Waals surface area contributed by atoms with Crippen molar-refractivity contribution in [1.29, 1.82) is 0 Å². The number of imide groups is 1. The number of amides is 3. The Kier molecular flexibility index (Phi) is 3.64. The van der Waals surface area contributed by atoms with E-state index in [1.807, 2.05) is 18.2 Å². The molecule has 0 saturated heterocycles. The van der Waals surface area contributed by atoms with Gasteiger partial charge in [-0.3, -0.25) is 19.3 Å². The van der Waals surface area contributed by atoms with Crippen molar-refractivity contribution in [3.63, 3.8) is 0 Å². The zero-order valence-corrected chi connectivity index (χ0v) is 11.0. The van der Waals surface area contributed by atoms with E-state index in [4.69, 9.17) is 0 Å². The van der Waals surface area contributed by atoms with Crippen molar-refractivity contribution in [2.45, 2.75) is 26.7 Å². The van der Waals surface area contributed by atoms with E-state index in [2.05, 4.69) is 5.32 Å². The Bertz CT molecular complexity index is 538. The van der Waals surface area contributed by atoms with E-state index >= 15 is 0 Å². The highest BCUT2D eigenvalue weighted by atomic mass is 16.2. The van der Waals surface area contributed by atoms with Crippen LogP contribution in [0.15, 0.2) is 18.2 Å². The quantitative estimate of drug-likeness (QED) is 0.885. The molecule has 100 valence electrons. The second-order valence-electron chi connectivity index (χ2n) is 4.61. The summed E-state index contributed by atoms with van der Waals surface area (Å²) in [6, 6.07) is 5.65. The molecule has 5 heteroatoms. The van der Waals surface area contributed by atoms with Gasteiger partial charge in [-0.1, -0.05) is 12.1 Å². The first-order valence-electron chi connectivity index (χ1n) is 6.18. The number of carbonyl (C=O) groups is 3. The normalized spacial score (nSPS) is 12.8. The maximum Gasteiger partial charge on any atom is 0.228 e. The van der Waals surface area contributed by atoms with Crippen LogP contribution in [0.2, 0.25) is 0 Å². The number of hydrogen-bond acceptors (Lipinski definition) is 3. The van der Waals surface area contributed by atoms with E-state index in [0.29, 0.717) is 19.4 Å². The van der Waals surface area contributed by atoms with E-state index in [-0.39, 0.29) is 17.7 Å². The lowest BCUT2D eigenvalue weighted by Gasteiger charge is -2.17. The molecule has 2 rings (SSSR count). The van der Waals surface area contributed by atoms with E-state index < -0.39 is 0 Å². The minimum Gasteiger partial charge on any atom is -0.326 e. The van der Waals surface area contributed by atoms with Gasteiger partial charge < -0.3 is 5.32 Å². The molecule has 1 aliphatic rings. The minimum absolute atomic E-state index is 0.0163. The molecule has 0 atom stereocenters. The van der Waals surface area contributed by atoms with Gasteiger partial charge in [-0.15, -0.1) is 0 Å². The van der Waals surface area contributed by atoms with Gasteiger partial charge in [0.05, 0.1) is 6.42 Å². The molecule has 0 saturated carbocycles. The van der Waals surface area contributed by atoms with Crippen molar-refractivity contribution in [2.75, 3.05) is 11.9 Å². The number of nitrogens with zero attached hydrogens (tertiary/aromatic N) is 1. The molecule has 1 heterocycles. The van der Waals surface area contributed by atoms with Crippen LogP contribution in [0.3, 0.4) is 0 Å². The van der Waals surface area contributed by atoms with Crippen LogP contribution in [0.4, 0.5) is 5.69 Å². The molecule has 1 aromatic rings. The van der Waals surface area contributed by atoms with Gasteiger partial charge in [0, 0.05) is 26.1 Å². The summed E-state index contributed by atoms with van der Waals surface area (Å²) < 4.78 is 0. The van der Waals surface area contributed by atoms with Gasteiger partial charge >= 0.3 is 0 Å². The third-order valence-electron chi connectivity index (χ3n) is 3.25. The minimum atomic E-state index is -0.255. The molecule has 0 fully saturated rings. The second kappa shape index (κ2) is 5.22. The molecule has 0 spiro atoms. The van der Waals surface area contributed by atoms with Crippen LogP contribution < -0.4 is 5.32 Å². The summed E-state index contributed by atoms with van der Waals surface area (Å²) in [5, 5.41) is 2.78. The van der Waals surface area contributed by atoms with Crippen LogP contribution in [0, 0.1) is 0 Å². The van der Waals surface area contributed by atoms with Gasteiger partial charge in [0.15, 0.2) is 0 Å². The topological polar surface area (TPSA) is 66.5 Å². The van der Waals surface area contributed by atoms with Crippen molar-refractivity contribution < 1.29 is 14.4 Å².